The van der Waals surface area contributed by atoms with E-state index in [1.54, 1.807) is 31.9 Å². The Hall–Kier alpha value is -3.33. The molecule has 2 aromatic carbocycles. The van der Waals surface area contributed by atoms with Crippen LogP contribution in [0.15, 0.2) is 53.3 Å². The smallest absolute Gasteiger partial charge is 0.416 e. The van der Waals surface area contributed by atoms with Crippen LogP contribution in [0.1, 0.15) is 22.4 Å². The summed E-state index contributed by atoms with van der Waals surface area (Å²) < 4.78 is 47.0. The molecule has 32 heavy (non-hydrogen) atoms. The zero-order valence-corrected chi connectivity index (χ0v) is 18.0. The van der Waals surface area contributed by atoms with E-state index in [-0.39, 0.29) is 18.9 Å². The molecule has 0 atom stereocenters. The Morgan fingerprint density at radius 1 is 1.06 bits per heavy atom. The highest BCUT2D eigenvalue weighted by Crippen LogP contribution is 2.35. The standard InChI is InChI=1S/C23H23F3N4O2/c1-15-16(2)27-22-29(19-9-6-8-18(11-19)23(24,25)26)13-28(14-30(22)21(15)31)12-17-7-4-5-10-20(17)32-3/h4-11H,12-14H2,1-3H3. The molecule has 0 amide bonds. The van der Waals surface area contributed by atoms with Gasteiger partial charge in [-0.25, -0.2) is 4.98 Å². The third kappa shape index (κ3) is 4.08. The molecule has 9 heteroatoms. The summed E-state index contributed by atoms with van der Waals surface area (Å²) in [5.41, 5.74) is 1.32. The van der Waals surface area contributed by atoms with Crippen molar-refractivity contribution in [1.29, 1.82) is 0 Å². The minimum atomic E-state index is -4.47. The maximum Gasteiger partial charge on any atom is 0.416 e. The van der Waals surface area contributed by atoms with Crippen LogP contribution in [-0.4, -0.2) is 28.2 Å². The fraction of sp³-hybridized carbons (Fsp3) is 0.304. The highest BCUT2D eigenvalue weighted by Gasteiger charge is 2.33. The molecule has 0 saturated heterocycles. The fourth-order valence-electron chi connectivity index (χ4n) is 3.81. The van der Waals surface area contributed by atoms with Crippen LogP contribution in [0.2, 0.25) is 0 Å². The molecule has 6 nitrogen and oxygen atoms in total. The Bertz CT molecular complexity index is 1210. The summed E-state index contributed by atoms with van der Waals surface area (Å²) in [6.07, 6.45) is -4.47. The zero-order chi connectivity index (χ0) is 23.0. The van der Waals surface area contributed by atoms with Gasteiger partial charge in [0, 0.05) is 29.1 Å². The largest absolute Gasteiger partial charge is 0.496 e. The molecule has 0 spiro atoms. The number of anilines is 2. The topological polar surface area (TPSA) is 50.6 Å². The predicted octanol–water partition coefficient (Wildman–Crippen LogP) is 4.46. The minimum absolute atomic E-state index is 0.214. The van der Waals surface area contributed by atoms with Crippen molar-refractivity contribution in [3.8, 4) is 5.75 Å². The van der Waals surface area contributed by atoms with Gasteiger partial charge in [0.2, 0.25) is 5.95 Å². The second-order valence-corrected chi connectivity index (χ2v) is 7.76. The third-order valence-electron chi connectivity index (χ3n) is 5.61. The van der Waals surface area contributed by atoms with Crippen molar-refractivity contribution in [2.45, 2.75) is 33.2 Å². The van der Waals surface area contributed by atoms with E-state index in [0.717, 1.165) is 17.7 Å². The number of ether oxygens (including phenoxy) is 1. The molecule has 0 fully saturated rings. The van der Waals surface area contributed by atoms with E-state index < -0.39 is 11.7 Å². The normalized spacial score (nSPS) is 14.4. The van der Waals surface area contributed by atoms with Crippen molar-refractivity contribution in [1.82, 2.24) is 14.5 Å². The number of aromatic nitrogens is 2. The van der Waals surface area contributed by atoms with Gasteiger partial charge in [-0.2, -0.15) is 13.2 Å². The first-order valence-electron chi connectivity index (χ1n) is 10.1. The first-order chi connectivity index (χ1) is 15.2. The molecule has 0 bridgehead atoms. The summed E-state index contributed by atoms with van der Waals surface area (Å²) in [7, 11) is 1.58. The van der Waals surface area contributed by atoms with Gasteiger partial charge in [0.15, 0.2) is 0 Å². The maximum absolute atomic E-state index is 13.3. The van der Waals surface area contributed by atoms with Crippen LogP contribution in [-0.2, 0) is 19.4 Å². The van der Waals surface area contributed by atoms with Crippen LogP contribution in [0, 0.1) is 13.8 Å². The van der Waals surface area contributed by atoms with Crippen LogP contribution < -0.4 is 15.2 Å². The molecular formula is C23H23F3N4O2. The van der Waals surface area contributed by atoms with Gasteiger partial charge in [-0.1, -0.05) is 24.3 Å². The Balaban J connectivity index is 1.80. The highest BCUT2D eigenvalue weighted by molar-refractivity contribution is 5.59. The van der Waals surface area contributed by atoms with Gasteiger partial charge in [0.05, 0.1) is 26.0 Å². The summed E-state index contributed by atoms with van der Waals surface area (Å²) >= 11 is 0. The van der Waals surface area contributed by atoms with Gasteiger partial charge in [0.25, 0.3) is 5.56 Å². The molecule has 0 aliphatic carbocycles. The fourth-order valence-corrected chi connectivity index (χ4v) is 3.81. The molecule has 0 unspecified atom stereocenters. The maximum atomic E-state index is 13.3. The third-order valence-corrected chi connectivity index (χ3v) is 5.61. The number of rotatable bonds is 4. The molecule has 1 aromatic heterocycles. The lowest BCUT2D eigenvalue weighted by Crippen LogP contribution is -2.47. The van der Waals surface area contributed by atoms with Crippen molar-refractivity contribution in [3.63, 3.8) is 0 Å². The average Bonchev–Trinajstić information content (AvgIpc) is 2.77. The Labute approximate surface area is 183 Å². The zero-order valence-electron chi connectivity index (χ0n) is 18.0. The molecule has 2 heterocycles. The molecule has 0 saturated carbocycles. The van der Waals surface area contributed by atoms with Crippen LogP contribution in [0.5, 0.6) is 5.75 Å². The molecule has 0 radical (unpaired) electrons. The molecule has 3 aromatic rings. The Morgan fingerprint density at radius 3 is 2.53 bits per heavy atom. The van der Waals surface area contributed by atoms with E-state index in [1.165, 1.54) is 10.6 Å². The van der Waals surface area contributed by atoms with Crippen molar-refractivity contribution >= 4 is 11.6 Å². The van der Waals surface area contributed by atoms with Gasteiger partial charge in [0.1, 0.15) is 5.75 Å². The SMILES string of the molecule is COc1ccccc1CN1CN(c2cccc(C(F)(F)F)c2)c2nc(C)c(C)c(=O)n2C1. The summed E-state index contributed by atoms with van der Waals surface area (Å²) in [5, 5.41) is 0. The summed E-state index contributed by atoms with van der Waals surface area (Å²) in [6, 6.07) is 12.6. The summed E-state index contributed by atoms with van der Waals surface area (Å²) in [6.45, 7) is 4.39. The molecule has 0 N–H and O–H groups in total. The Kier molecular flexibility index (Phi) is 5.68. The highest BCUT2D eigenvalue weighted by atomic mass is 19.4. The number of hydrogen-bond donors (Lipinski definition) is 0. The van der Waals surface area contributed by atoms with Crippen LogP contribution >= 0.6 is 0 Å². The molecule has 1 aliphatic heterocycles. The van der Waals surface area contributed by atoms with Gasteiger partial charge in [-0.05, 0) is 38.1 Å². The van der Waals surface area contributed by atoms with Crippen LogP contribution in [0.3, 0.4) is 0 Å². The summed E-state index contributed by atoms with van der Waals surface area (Å²) in [5.74, 6) is 1.03. The minimum Gasteiger partial charge on any atom is -0.496 e. The van der Waals surface area contributed by atoms with E-state index in [0.29, 0.717) is 35.2 Å². The lowest BCUT2D eigenvalue weighted by atomic mass is 10.1. The van der Waals surface area contributed by atoms with Crippen molar-refractivity contribution < 1.29 is 17.9 Å². The van der Waals surface area contributed by atoms with Crippen molar-refractivity contribution in [2.24, 2.45) is 0 Å². The van der Waals surface area contributed by atoms with Crippen LogP contribution in [0.4, 0.5) is 24.8 Å². The molecule has 1 aliphatic rings. The van der Waals surface area contributed by atoms with E-state index in [4.69, 9.17) is 4.74 Å². The number of aryl methyl sites for hydroxylation is 1. The lowest BCUT2D eigenvalue weighted by Gasteiger charge is -2.38. The lowest BCUT2D eigenvalue weighted by molar-refractivity contribution is -0.137. The van der Waals surface area contributed by atoms with Gasteiger partial charge in [-0.3, -0.25) is 19.2 Å². The number of nitrogens with zero attached hydrogens (tertiary/aromatic N) is 4. The van der Waals surface area contributed by atoms with Crippen LogP contribution in [0.25, 0.3) is 0 Å². The number of halogens is 3. The van der Waals surface area contributed by atoms with E-state index in [2.05, 4.69) is 4.98 Å². The van der Waals surface area contributed by atoms with Gasteiger partial charge >= 0.3 is 6.18 Å². The number of benzene rings is 2. The predicted molar refractivity (Wildman–Crippen MR) is 115 cm³/mol. The first-order valence-corrected chi connectivity index (χ1v) is 10.1. The first kappa shape index (κ1) is 21.9. The van der Waals surface area contributed by atoms with Crippen molar-refractivity contribution in [3.05, 3.63) is 81.3 Å². The number of alkyl halides is 3. The Morgan fingerprint density at radius 2 is 1.81 bits per heavy atom. The number of methoxy groups -OCH3 is 1. The molecular weight excluding hydrogens is 421 g/mol. The summed E-state index contributed by atoms with van der Waals surface area (Å²) in [4.78, 5) is 21.2. The number of hydrogen-bond acceptors (Lipinski definition) is 5. The van der Waals surface area contributed by atoms with Gasteiger partial charge in [-0.15, -0.1) is 0 Å². The molecule has 4 rings (SSSR count). The van der Waals surface area contributed by atoms with E-state index >= 15 is 0 Å². The average molecular weight is 444 g/mol. The second-order valence-electron chi connectivity index (χ2n) is 7.76. The molecule has 168 valence electrons. The van der Waals surface area contributed by atoms with Crippen molar-refractivity contribution in [2.75, 3.05) is 18.7 Å². The van der Waals surface area contributed by atoms with E-state index in [1.807, 2.05) is 29.2 Å². The van der Waals surface area contributed by atoms with E-state index in [9.17, 15) is 18.0 Å². The second kappa shape index (κ2) is 8.31. The quantitative estimate of drug-likeness (QED) is 0.595. The number of para-hydroxylation sites is 1. The van der Waals surface area contributed by atoms with Gasteiger partial charge < -0.3 is 4.74 Å². The monoisotopic (exact) mass is 444 g/mol. The number of fused-ring (bicyclic) bond motifs is 1.